The van der Waals surface area contributed by atoms with Crippen LogP contribution in [0, 0.1) is 5.92 Å². The Hall–Kier alpha value is -1.84. The predicted molar refractivity (Wildman–Crippen MR) is 89.8 cm³/mol. The molecule has 122 valence electrons. The zero-order valence-corrected chi connectivity index (χ0v) is 14.3. The van der Waals surface area contributed by atoms with Crippen molar-refractivity contribution in [3.8, 4) is 0 Å². The van der Waals surface area contributed by atoms with E-state index < -0.39 is 6.04 Å². The lowest BCUT2D eigenvalue weighted by Crippen LogP contribution is -2.51. The molecule has 22 heavy (non-hydrogen) atoms. The zero-order valence-electron chi connectivity index (χ0n) is 14.3. The number of hydrogen-bond donors (Lipinski definition) is 2. The summed E-state index contributed by atoms with van der Waals surface area (Å²) in [5.74, 6) is -0.300. The topological polar surface area (TPSA) is 58.2 Å². The minimum atomic E-state index is -0.521. The van der Waals surface area contributed by atoms with E-state index in [0.29, 0.717) is 5.56 Å². The Bertz CT molecular complexity index is 494. The molecule has 4 nitrogen and oxygen atoms in total. The second-order valence-corrected chi connectivity index (χ2v) is 6.06. The fourth-order valence-corrected chi connectivity index (χ4v) is 2.09. The summed E-state index contributed by atoms with van der Waals surface area (Å²) in [5, 5.41) is 5.78. The van der Waals surface area contributed by atoms with Crippen LogP contribution in [-0.2, 0) is 11.2 Å². The van der Waals surface area contributed by atoms with Crippen molar-refractivity contribution in [3.63, 3.8) is 0 Å². The second-order valence-electron chi connectivity index (χ2n) is 6.06. The van der Waals surface area contributed by atoms with Gasteiger partial charge in [-0.05, 0) is 43.4 Å². The maximum atomic E-state index is 12.3. The predicted octanol–water partition coefficient (Wildman–Crippen LogP) is 2.92. The summed E-state index contributed by atoms with van der Waals surface area (Å²) in [6.45, 7) is 9.91. The van der Waals surface area contributed by atoms with Crippen LogP contribution in [0.2, 0.25) is 0 Å². The van der Waals surface area contributed by atoms with Gasteiger partial charge in [0.15, 0.2) is 0 Å². The molecule has 2 amide bonds. The van der Waals surface area contributed by atoms with Gasteiger partial charge in [-0.1, -0.05) is 39.8 Å². The van der Waals surface area contributed by atoms with E-state index >= 15 is 0 Å². The van der Waals surface area contributed by atoms with Gasteiger partial charge in [-0.3, -0.25) is 9.59 Å². The summed E-state index contributed by atoms with van der Waals surface area (Å²) >= 11 is 0. The zero-order chi connectivity index (χ0) is 16.7. The number of aryl methyl sites for hydroxylation is 1. The molecule has 0 aromatic heterocycles. The molecule has 0 aliphatic heterocycles. The van der Waals surface area contributed by atoms with Crippen molar-refractivity contribution in [1.29, 1.82) is 0 Å². The Morgan fingerprint density at radius 3 is 2.05 bits per heavy atom. The number of nitrogens with one attached hydrogen (secondary N) is 2. The van der Waals surface area contributed by atoms with E-state index in [1.54, 1.807) is 12.1 Å². The van der Waals surface area contributed by atoms with Crippen LogP contribution in [0.15, 0.2) is 24.3 Å². The number of carbonyl (C=O) groups is 2. The Morgan fingerprint density at radius 2 is 1.59 bits per heavy atom. The van der Waals surface area contributed by atoms with Crippen LogP contribution in [0.4, 0.5) is 0 Å². The first-order valence-electron chi connectivity index (χ1n) is 8.09. The molecule has 2 atom stereocenters. The monoisotopic (exact) mass is 304 g/mol. The molecule has 0 heterocycles. The molecule has 0 fully saturated rings. The molecular formula is C18H28N2O2. The van der Waals surface area contributed by atoms with Crippen molar-refractivity contribution in [2.24, 2.45) is 5.92 Å². The molecule has 0 saturated heterocycles. The van der Waals surface area contributed by atoms with E-state index in [-0.39, 0.29) is 23.8 Å². The van der Waals surface area contributed by atoms with Gasteiger partial charge in [-0.25, -0.2) is 0 Å². The van der Waals surface area contributed by atoms with E-state index in [9.17, 15) is 9.59 Å². The third kappa shape index (κ3) is 5.17. The van der Waals surface area contributed by atoms with Crippen molar-refractivity contribution in [3.05, 3.63) is 35.4 Å². The van der Waals surface area contributed by atoms with Gasteiger partial charge in [-0.2, -0.15) is 0 Å². The smallest absolute Gasteiger partial charge is 0.251 e. The number of carbonyl (C=O) groups excluding carboxylic acids is 2. The van der Waals surface area contributed by atoms with Crippen LogP contribution < -0.4 is 10.6 Å². The summed E-state index contributed by atoms with van der Waals surface area (Å²) in [6.07, 6.45) is 1.80. The molecule has 0 saturated carbocycles. The van der Waals surface area contributed by atoms with Crippen molar-refractivity contribution in [1.82, 2.24) is 10.6 Å². The highest BCUT2D eigenvalue weighted by Crippen LogP contribution is 2.08. The quantitative estimate of drug-likeness (QED) is 0.813. The van der Waals surface area contributed by atoms with Crippen LogP contribution in [0.25, 0.3) is 0 Å². The minimum absolute atomic E-state index is 0.0305. The third-order valence-corrected chi connectivity index (χ3v) is 3.86. The maximum absolute atomic E-state index is 12.3. The first-order chi connectivity index (χ1) is 10.4. The summed E-state index contributed by atoms with van der Waals surface area (Å²) in [7, 11) is 0. The van der Waals surface area contributed by atoms with Gasteiger partial charge >= 0.3 is 0 Å². The fourth-order valence-electron chi connectivity index (χ4n) is 2.09. The Morgan fingerprint density at radius 1 is 1.00 bits per heavy atom. The number of benzene rings is 1. The SMILES string of the molecule is CCc1ccc(C(=O)N[C@@H](C(=O)N[C@@H](C)CC)C(C)C)cc1. The molecule has 0 radical (unpaired) electrons. The van der Waals surface area contributed by atoms with Gasteiger partial charge in [0.25, 0.3) is 5.91 Å². The van der Waals surface area contributed by atoms with Gasteiger partial charge in [0, 0.05) is 11.6 Å². The molecule has 0 spiro atoms. The lowest BCUT2D eigenvalue weighted by atomic mass is 10.0. The normalized spacial score (nSPS) is 13.5. The van der Waals surface area contributed by atoms with Gasteiger partial charge in [-0.15, -0.1) is 0 Å². The Labute approximate surface area is 133 Å². The highest BCUT2D eigenvalue weighted by Gasteiger charge is 2.25. The van der Waals surface area contributed by atoms with Crippen molar-refractivity contribution in [2.45, 2.75) is 59.5 Å². The van der Waals surface area contributed by atoms with Crippen molar-refractivity contribution >= 4 is 11.8 Å². The summed E-state index contributed by atoms with van der Waals surface area (Å²) in [6, 6.07) is 7.08. The molecule has 1 rings (SSSR count). The number of hydrogen-bond acceptors (Lipinski definition) is 2. The summed E-state index contributed by atoms with van der Waals surface area (Å²) in [5.41, 5.74) is 1.77. The standard InChI is InChI=1S/C18H28N2O2/c1-6-13(5)19-18(22)16(12(3)4)20-17(21)15-10-8-14(7-2)9-11-15/h8-13,16H,6-7H2,1-5H3,(H,19,22)(H,20,21)/t13-,16+/m0/s1. The second kappa shape index (κ2) is 8.57. The van der Waals surface area contributed by atoms with E-state index in [4.69, 9.17) is 0 Å². The lowest BCUT2D eigenvalue weighted by Gasteiger charge is -2.23. The van der Waals surface area contributed by atoms with Crippen molar-refractivity contribution < 1.29 is 9.59 Å². The molecule has 0 bridgehead atoms. The van der Waals surface area contributed by atoms with Gasteiger partial charge < -0.3 is 10.6 Å². The Balaban J connectivity index is 2.76. The molecule has 1 aromatic carbocycles. The molecular weight excluding hydrogens is 276 g/mol. The molecule has 2 N–H and O–H groups in total. The highest BCUT2D eigenvalue weighted by atomic mass is 16.2. The number of amides is 2. The Kier molecular flexibility index (Phi) is 7.09. The van der Waals surface area contributed by atoms with Crippen molar-refractivity contribution in [2.75, 3.05) is 0 Å². The van der Waals surface area contributed by atoms with Crippen LogP contribution in [0.1, 0.15) is 57.0 Å². The van der Waals surface area contributed by atoms with Crippen LogP contribution in [-0.4, -0.2) is 23.9 Å². The third-order valence-electron chi connectivity index (χ3n) is 3.86. The van der Waals surface area contributed by atoms with E-state index in [1.165, 1.54) is 5.56 Å². The molecule has 0 unspecified atom stereocenters. The highest BCUT2D eigenvalue weighted by molar-refractivity contribution is 5.97. The first-order valence-corrected chi connectivity index (χ1v) is 8.09. The molecule has 1 aromatic rings. The van der Waals surface area contributed by atoms with E-state index in [2.05, 4.69) is 17.6 Å². The van der Waals surface area contributed by atoms with Gasteiger partial charge in [0.1, 0.15) is 6.04 Å². The summed E-state index contributed by atoms with van der Waals surface area (Å²) in [4.78, 5) is 24.6. The summed E-state index contributed by atoms with van der Waals surface area (Å²) < 4.78 is 0. The van der Waals surface area contributed by atoms with Gasteiger partial charge in [0.05, 0.1) is 0 Å². The molecule has 0 aliphatic carbocycles. The maximum Gasteiger partial charge on any atom is 0.251 e. The van der Waals surface area contributed by atoms with Crippen LogP contribution in [0.5, 0.6) is 0 Å². The van der Waals surface area contributed by atoms with Gasteiger partial charge in [0.2, 0.25) is 5.91 Å². The largest absolute Gasteiger partial charge is 0.352 e. The van der Waals surface area contributed by atoms with Crippen LogP contribution in [0.3, 0.4) is 0 Å². The molecule has 0 aliphatic rings. The average molecular weight is 304 g/mol. The first kappa shape index (κ1) is 18.2. The fraction of sp³-hybridized carbons (Fsp3) is 0.556. The van der Waals surface area contributed by atoms with E-state index in [0.717, 1.165) is 12.8 Å². The lowest BCUT2D eigenvalue weighted by molar-refractivity contribution is -0.124. The van der Waals surface area contributed by atoms with Crippen LogP contribution >= 0.6 is 0 Å². The minimum Gasteiger partial charge on any atom is -0.352 e. The molecule has 4 heteroatoms. The number of rotatable bonds is 7. The van der Waals surface area contributed by atoms with E-state index in [1.807, 2.05) is 39.8 Å². The average Bonchev–Trinajstić information content (AvgIpc) is 2.51.